The fourth-order valence-electron chi connectivity index (χ4n) is 2.20. The molecule has 0 amide bonds. The maximum atomic E-state index is 3.61. The van der Waals surface area contributed by atoms with E-state index in [0.29, 0.717) is 6.04 Å². The highest BCUT2D eigenvalue weighted by Gasteiger charge is 2.15. The highest BCUT2D eigenvalue weighted by molar-refractivity contribution is 9.10. The fourth-order valence-corrected chi connectivity index (χ4v) is 3.64. The zero-order chi connectivity index (χ0) is 13.0. The highest BCUT2D eigenvalue weighted by atomic mass is 79.9. The molecule has 1 aliphatic rings. The van der Waals surface area contributed by atoms with Crippen LogP contribution in [-0.4, -0.2) is 55.6 Å². The molecule has 2 heterocycles. The quantitative estimate of drug-likeness (QED) is 0.892. The number of rotatable bonds is 5. The minimum atomic E-state index is 0.544. The van der Waals surface area contributed by atoms with E-state index in [1.807, 2.05) is 11.3 Å². The molecule has 0 unspecified atom stereocenters. The highest BCUT2D eigenvalue weighted by Crippen LogP contribution is 2.22. The van der Waals surface area contributed by atoms with E-state index >= 15 is 0 Å². The van der Waals surface area contributed by atoms with Gasteiger partial charge < -0.3 is 10.2 Å². The summed E-state index contributed by atoms with van der Waals surface area (Å²) in [5.41, 5.74) is 0. The summed E-state index contributed by atoms with van der Waals surface area (Å²) in [6, 6.07) is 2.66. The van der Waals surface area contributed by atoms with E-state index in [4.69, 9.17) is 0 Å². The Labute approximate surface area is 122 Å². The van der Waals surface area contributed by atoms with Crippen molar-refractivity contribution >= 4 is 27.3 Å². The Morgan fingerprint density at radius 2 is 2.11 bits per heavy atom. The first kappa shape index (κ1) is 14.5. The van der Waals surface area contributed by atoms with Crippen molar-refractivity contribution < 1.29 is 0 Å². The summed E-state index contributed by atoms with van der Waals surface area (Å²) in [7, 11) is 2.20. The molecule has 1 atom stereocenters. The van der Waals surface area contributed by atoms with Gasteiger partial charge in [-0.05, 0) is 41.3 Å². The van der Waals surface area contributed by atoms with E-state index in [0.717, 1.165) is 13.1 Å². The predicted molar refractivity (Wildman–Crippen MR) is 82.3 cm³/mol. The molecule has 0 spiro atoms. The molecule has 3 nitrogen and oxygen atoms in total. The number of halogens is 1. The second-order valence-corrected chi connectivity index (χ2v) is 6.93. The van der Waals surface area contributed by atoms with Crippen molar-refractivity contribution in [3.05, 3.63) is 20.8 Å². The van der Waals surface area contributed by atoms with Gasteiger partial charge in [0.05, 0.1) is 0 Å². The van der Waals surface area contributed by atoms with Crippen LogP contribution in [-0.2, 0) is 6.54 Å². The lowest BCUT2D eigenvalue weighted by Crippen LogP contribution is -2.48. The zero-order valence-electron chi connectivity index (χ0n) is 11.2. The molecule has 1 aromatic rings. The lowest BCUT2D eigenvalue weighted by Gasteiger charge is -2.34. The second-order valence-electron chi connectivity index (χ2n) is 5.08. The molecule has 0 saturated carbocycles. The molecule has 102 valence electrons. The molecule has 0 aromatic carbocycles. The lowest BCUT2D eigenvalue weighted by molar-refractivity contribution is 0.144. The van der Waals surface area contributed by atoms with Crippen molar-refractivity contribution in [2.45, 2.75) is 19.5 Å². The van der Waals surface area contributed by atoms with Crippen LogP contribution in [0, 0.1) is 0 Å². The van der Waals surface area contributed by atoms with Gasteiger partial charge in [0, 0.05) is 54.7 Å². The van der Waals surface area contributed by atoms with Crippen LogP contribution in [0.15, 0.2) is 15.9 Å². The van der Waals surface area contributed by atoms with E-state index in [-0.39, 0.29) is 0 Å². The van der Waals surface area contributed by atoms with Gasteiger partial charge in [0.15, 0.2) is 0 Å². The van der Waals surface area contributed by atoms with Gasteiger partial charge in [-0.1, -0.05) is 0 Å². The standard InChI is InChI=1S/C13H22BrN3S/c1-11(10-17-6-4-16(2)5-7-17)15-9-13-12(14)3-8-18-13/h3,8,11,15H,4-7,9-10H2,1-2H3/t11-/m0/s1. The maximum absolute atomic E-state index is 3.61. The first-order chi connectivity index (χ1) is 8.65. The number of thiophene rings is 1. The van der Waals surface area contributed by atoms with Crippen LogP contribution < -0.4 is 5.32 Å². The fraction of sp³-hybridized carbons (Fsp3) is 0.692. The second kappa shape index (κ2) is 7.01. The third-order valence-corrected chi connectivity index (χ3v) is 5.36. The van der Waals surface area contributed by atoms with E-state index < -0.39 is 0 Å². The number of nitrogens with one attached hydrogen (secondary N) is 1. The molecule has 1 N–H and O–H groups in total. The van der Waals surface area contributed by atoms with Crippen molar-refractivity contribution in [2.24, 2.45) is 0 Å². The smallest absolute Gasteiger partial charge is 0.0327 e. The number of piperazine rings is 1. The average molecular weight is 332 g/mol. The molecule has 1 aromatic heterocycles. The van der Waals surface area contributed by atoms with Crippen LogP contribution >= 0.6 is 27.3 Å². The van der Waals surface area contributed by atoms with Gasteiger partial charge >= 0.3 is 0 Å². The van der Waals surface area contributed by atoms with Crippen LogP contribution in [0.25, 0.3) is 0 Å². The van der Waals surface area contributed by atoms with Crippen LogP contribution in [0.1, 0.15) is 11.8 Å². The first-order valence-electron chi connectivity index (χ1n) is 6.51. The van der Waals surface area contributed by atoms with Crippen molar-refractivity contribution in [3.8, 4) is 0 Å². The van der Waals surface area contributed by atoms with Crippen LogP contribution in [0.3, 0.4) is 0 Å². The first-order valence-corrected chi connectivity index (χ1v) is 8.18. The molecule has 5 heteroatoms. The predicted octanol–water partition coefficient (Wildman–Crippen LogP) is 2.24. The van der Waals surface area contributed by atoms with Crippen molar-refractivity contribution in [1.82, 2.24) is 15.1 Å². The minimum Gasteiger partial charge on any atom is -0.308 e. The van der Waals surface area contributed by atoms with Gasteiger partial charge in [-0.2, -0.15) is 0 Å². The third-order valence-electron chi connectivity index (χ3n) is 3.43. The molecule has 1 fully saturated rings. The monoisotopic (exact) mass is 331 g/mol. The molecule has 2 rings (SSSR count). The van der Waals surface area contributed by atoms with Gasteiger partial charge in [-0.15, -0.1) is 11.3 Å². The van der Waals surface area contributed by atoms with Gasteiger partial charge in [0.25, 0.3) is 0 Å². The Morgan fingerprint density at radius 3 is 2.72 bits per heavy atom. The molecular weight excluding hydrogens is 310 g/mol. The molecular formula is C13H22BrN3S. The van der Waals surface area contributed by atoms with Crippen molar-refractivity contribution in [1.29, 1.82) is 0 Å². The van der Waals surface area contributed by atoms with Crippen molar-refractivity contribution in [3.63, 3.8) is 0 Å². The maximum Gasteiger partial charge on any atom is 0.0327 e. The molecule has 18 heavy (non-hydrogen) atoms. The van der Waals surface area contributed by atoms with Gasteiger partial charge in [-0.25, -0.2) is 0 Å². The summed E-state index contributed by atoms with van der Waals surface area (Å²) >= 11 is 5.38. The normalized spacial score (nSPS) is 20.2. The average Bonchev–Trinajstić information content (AvgIpc) is 2.75. The minimum absolute atomic E-state index is 0.544. The number of hydrogen-bond donors (Lipinski definition) is 1. The molecule has 0 aliphatic carbocycles. The summed E-state index contributed by atoms with van der Waals surface area (Å²) in [6.45, 7) is 9.19. The summed E-state index contributed by atoms with van der Waals surface area (Å²) in [5.74, 6) is 0. The molecule has 0 radical (unpaired) electrons. The third kappa shape index (κ3) is 4.31. The Hall–Kier alpha value is 0.0600. The van der Waals surface area contributed by atoms with Gasteiger partial charge in [0.1, 0.15) is 0 Å². The Morgan fingerprint density at radius 1 is 1.39 bits per heavy atom. The Kier molecular flexibility index (Phi) is 5.63. The molecule has 1 saturated heterocycles. The van der Waals surface area contributed by atoms with Crippen LogP contribution in [0.5, 0.6) is 0 Å². The van der Waals surface area contributed by atoms with Crippen LogP contribution in [0.4, 0.5) is 0 Å². The lowest BCUT2D eigenvalue weighted by atomic mass is 10.2. The summed E-state index contributed by atoms with van der Waals surface area (Å²) < 4.78 is 1.23. The topological polar surface area (TPSA) is 18.5 Å². The number of hydrogen-bond acceptors (Lipinski definition) is 4. The van der Waals surface area contributed by atoms with Gasteiger partial charge in [-0.3, -0.25) is 4.90 Å². The molecule has 0 bridgehead atoms. The Balaban J connectivity index is 1.69. The summed E-state index contributed by atoms with van der Waals surface area (Å²) in [4.78, 5) is 6.35. The summed E-state index contributed by atoms with van der Waals surface area (Å²) in [5, 5.41) is 5.74. The largest absolute Gasteiger partial charge is 0.308 e. The van der Waals surface area contributed by atoms with E-state index in [1.165, 1.54) is 35.5 Å². The van der Waals surface area contributed by atoms with Crippen LogP contribution in [0.2, 0.25) is 0 Å². The summed E-state index contributed by atoms with van der Waals surface area (Å²) in [6.07, 6.45) is 0. The number of nitrogens with zero attached hydrogens (tertiary/aromatic N) is 2. The zero-order valence-corrected chi connectivity index (χ0v) is 13.6. The van der Waals surface area contributed by atoms with E-state index in [9.17, 15) is 0 Å². The number of likely N-dealkylation sites (N-methyl/N-ethyl adjacent to an activating group) is 1. The SMILES string of the molecule is C[C@@H](CN1CCN(C)CC1)NCc1sccc1Br. The van der Waals surface area contributed by atoms with E-state index in [2.05, 4.69) is 56.5 Å². The Bertz CT molecular complexity index is 361. The van der Waals surface area contributed by atoms with Gasteiger partial charge in [0.2, 0.25) is 0 Å². The van der Waals surface area contributed by atoms with E-state index in [1.54, 1.807) is 0 Å². The van der Waals surface area contributed by atoms with Crippen molar-refractivity contribution in [2.75, 3.05) is 39.8 Å². The molecule has 1 aliphatic heterocycles.